The molecule has 96 valence electrons. The number of nitriles is 1. The van der Waals surface area contributed by atoms with Gasteiger partial charge in [0.05, 0.1) is 18.0 Å². The standard InChI is InChI=1S/C12H8BrFN4O/c13-10-11(17-6-18-12(10)19)16-5-8-2-1-7(4-15)3-9(8)14/h1-3,6H,5H2,(H2,16,17,18,19). The van der Waals surface area contributed by atoms with E-state index in [1.165, 1.54) is 18.5 Å². The summed E-state index contributed by atoms with van der Waals surface area (Å²) >= 11 is 3.09. The van der Waals surface area contributed by atoms with Crippen LogP contribution in [0.5, 0.6) is 0 Å². The van der Waals surface area contributed by atoms with Crippen LogP contribution in [-0.4, -0.2) is 9.97 Å². The van der Waals surface area contributed by atoms with Gasteiger partial charge in [-0.3, -0.25) is 4.79 Å². The molecule has 0 atom stereocenters. The largest absolute Gasteiger partial charge is 0.365 e. The maximum Gasteiger partial charge on any atom is 0.267 e. The fourth-order valence-corrected chi connectivity index (χ4v) is 1.80. The molecule has 1 aromatic carbocycles. The summed E-state index contributed by atoms with van der Waals surface area (Å²) in [5.74, 6) is -0.153. The number of rotatable bonds is 3. The zero-order valence-electron chi connectivity index (χ0n) is 9.58. The van der Waals surface area contributed by atoms with Gasteiger partial charge in [-0.1, -0.05) is 6.07 Å². The maximum absolute atomic E-state index is 13.6. The SMILES string of the molecule is N#Cc1ccc(CNc2nc[nH]c(=O)c2Br)c(F)c1. The molecule has 0 aliphatic rings. The highest BCUT2D eigenvalue weighted by Crippen LogP contribution is 2.16. The predicted octanol–water partition coefficient (Wildman–Crippen LogP) is 2.16. The molecule has 2 aromatic rings. The van der Waals surface area contributed by atoms with E-state index in [2.05, 4.69) is 31.2 Å². The molecular formula is C12H8BrFN4O. The first-order chi connectivity index (χ1) is 9.11. The van der Waals surface area contributed by atoms with Crippen molar-refractivity contribution in [3.63, 3.8) is 0 Å². The van der Waals surface area contributed by atoms with Crippen LogP contribution in [0.25, 0.3) is 0 Å². The summed E-state index contributed by atoms with van der Waals surface area (Å²) in [5.41, 5.74) is 0.322. The number of hydrogen-bond donors (Lipinski definition) is 2. The normalized spacial score (nSPS) is 9.95. The van der Waals surface area contributed by atoms with Crippen LogP contribution in [0.3, 0.4) is 0 Å². The van der Waals surface area contributed by atoms with Gasteiger partial charge in [-0.05, 0) is 28.1 Å². The highest BCUT2D eigenvalue weighted by molar-refractivity contribution is 9.10. The van der Waals surface area contributed by atoms with E-state index in [4.69, 9.17) is 5.26 Å². The number of hydrogen-bond acceptors (Lipinski definition) is 4. The molecule has 0 amide bonds. The summed E-state index contributed by atoms with van der Waals surface area (Å²) in [7, 11) is 0. The third kappa shape index (κ3) is 2.98. The second-order valence-corrected chi connectivity index (χ2v) is 4.46. The maximum atomic E-state index is 13.6. The molecule has 0 saturated carbocycles. The Morgan fingerprint density at radius 3 is 3.00 bits per heavy atom. The number of nitrogens with one attached hydrogen (secondary N) is 2. The molecule has 0 aliphatic heterocycles. The van der Waals surface area contributed by atoms with Gasteiger partial charge in [-0.25, -0.2) is 9.37 Å². The van der Waals surface area contributed by atoms with Crippen LogP contribution in [0.1, 0.15) is 11.1 Å². The molecule has 5 nitrogen and oxygen atoms in total. The molecule has 0 spiro atoms. The van der Waals surface area contributed by atoms with Crippen LogP contribution in [0.2, 0.25) is 0 Å². The first kappa shape index (κ1) is 13.2. The first-order valence-corrected chi connectivity index (χ1v) is 6.06. The zero-order chi connectivity index (χ0) is 13.8. The molecule has 0 bridgehead atoms. The summed E-state index contributed by atoms with van der Waals surface area (Å²) in [6.45, 7) is 0.159. The van der Waals surface area contributed by atoms with Crippen molar-refractivity contribution in [1.82, 2.24) is 9.97 Å². The number of anilines is 1. The van der Waals surface area contributed by atoms with Crippen molar-refractivity contribution in [2.45, 2.75) is 6.54 Å². The van der Waals surface area contributed by atoms with Crippen LogP contribution < -0.4 is 10.9 Å². The van der Waals surface area contributed by atoms with Crippen LogP contribution in [0, 0.1) is 17.1 Å². The second kappa shape index (κ2) is 5.63. The topological polar surface area (TPSA) is 81.6 Å². The van der Waals surface area contributed by atoms with Crippen molar-refractivity contribution in [1.29, 1.82) is 5.26 Å². The van der Waals surface area contributed by atoms with Crippen LogP contribution in [-0.2, 0) is 6.54 Å². The number of aromatic amines is 1. The van der Waals surface area contributed by atoms with Gasteiger partial charge in [0.25, 0.3) is 5.56 Å². The molecule has 1 aromatic heterocycles. The molecule has 1 heterocycles. The van der Waals surface area contributed by atoms with Crippen molar-refractivity contribution >= 4 is 21.7 Å². The Bertz CT molecular complexity index is 708. The van der Waals surface area contributed by atoms with E-state index in [0.717, 1.165) is 6.07 Å². The second-order valence-electron chi connectivity index (χ2n) is 3.67. The van der Waals surface area contributed by atoms with Gasteiger partial charge in [0, 0.05) is 12.1 Å². The van der Waals surface area contributed by atoms with E-state index in [9.17, 15) is 9.18 Å². The molecule has 7 heteroatoms. The molecule has 2 rings (SSSR count). The lowest BCUT2D eigenvalue weighted by Gasteiger charge is -2.07. The summed E-state index contributed by atoms with van der Waals surface area (Å²) in [4.78, 5) is 17.6. The lowest BCUT2D eigenvalue weighted by Crippen LogP contribution is -2.12. The highest BCUT2D eigenvalue weighted by Gasteiger charge is 2.07. The van der Waals surface area contributed by atoms with Crippen molar-refractivity contribution in [2.24, 2.45) is 0 Å². The van der Waals surface area contributed by atoms with Gasteiger partial charge >= 0.3 is 0 Å². The highest BCUT2D eigenvalue weighted by atomic mass is 79.9. The third-order valence-electron chi connectivity index (χ3n) is 2.43. The van der Waals surface area contributed by atoms with Crippen LogP contribution in [0.4, 0.5) is 10.2 Å². The number of halogens is 2. The third-order valence-corrected chi connectivity index (χ3v) is 3.16. The van der Waals surface area contributed by atoms with Gasteiger partial charge in [-0.15, -0.1) is 0 Å². The Balaban J connectivity index is 2.17. The van der Waals surface area contributed by atoms with Gasteiger partial charge in [0.1, 0.15) is 16.1 Å². The van der Waals surface area contributed by atoms with E-state index in [1.807, 2.05) is 6.07 Å². The minimum Gasteiger partial charge on any atom is -0.365 e. The summed E-state index contributed by atoms with van der Waals surface area (Å²) in [5, 5.41) is 11.5. The number of benzene rings is 1. The van der Waals surface area contributed by atoms with E-state index in [1.54, 1.807) is 0 Å². The number of nitrogens with zero attached hydrogens (tertiary/aromatic N) is 2. The fraction of sp³-hybridized carbons (Fsp3) is 0.0833. The van der Waals surface area contributed by atoms with Gasteiger partial charge < -0.3 is 10.3 Å². The van der Waals surface area contributed by atoms with Crippen LogP contribution >= 0.6 is 15.9 Å². The Labute approximate surface area is 116 Å². The van der Waals surface area contributed by atoms with Crippen molar-refractivity contribution in [3.8, 4) is 6.07 Å². The molecule has 0 saturated heterocycles. The van der Waals surface area contributed by atoms with Crippen molar-refractivity contribution in [2.75, 3.05) is 5.32 Å². The summed E-state index contributed by atoms with van der Waals surface area (Å²) < 4.78 is 13.9. The van der Waals surface area contributed by atoms with Gasteiger partial charge in [-0.2, -0.15) is 5.26 Å². The average Bonchev–Trinajstić information content (AvgIpc) is 2.41. The smallest absolute Gasteiger partial charge is 0.267 e. The van der Waals surface area contributed by atoms with E-state index >= 15 is 0 Å². The Kier molecular flexibility index (Phi) is 3.92. The quantitative estimate of drug-likeness (QED) is 0.907. The average molecular weight is 323 g/mol. The van der Waals surface area contributed by atoms with Crippen molar-refractivity contribution in [3.05, 3.63) is 56.3 Å². The van der Waals surface area contributed by atoms with Crippen molar-refractivity contribution < 1.29 is 4.39 Å². The Morgan fingerprint density at radius 2 is 2.32 bits per heavy atom. The molecule has 2 N–H and O–H groups in total. The predicted molar refractivity (Wildman–Crippen MR) is 71.0 cm³/mol. The van der Waals surface area contributed by atoms with Gasteiger partial charge in [0.15, 0.2) is 0 Å². The van der Waals surface area contributed by atoms with Gasteiger partial charge in [0.2, 0.25) is 0 Å². The first-order valence-electron chi connectivity index (χ1n) is 5.27. The Hall–Kier alpha value is -2.20. The molecule has 19 heavy (non-hydrogen) atoms. The summed E-state index contributed by atoms with van der Waals surface area (Å²) in [6, 6.07) is 6.07. The molecule has 0 fully saturated rings. The minimum atomic E-state index is -0.479. The van der Waals surface area contributed by atoms with Crippen LogP contribution in [0.15, 0.2) is 33.8 Å². The molecule has 0 aliphatic carbocycles. The summed E-state index contributed by atoms with van der Waals surface area (Å²) in [6.07, 6.45) is 1.25. The monoisotopic (exact) mass is 322 g/mol. The lowest BCUT2D eigenvalue weighted by molar-refractivity contribution is 0.612. The minimum absolute atomic E-state index is 0.159. The zero-order valence-corrected chi connectivity index (χ0v) is 11.2. The van der Waals surface area contributed by atoms with E-state index < -0.39 is 5.82 Å². The molecular weight excluding hydrogens is 315 g/mol. The fourth-order valence-electron chi connectivity index (χ4n) is 1.45. The Morgan fingerprint density at radius 1 is 1.53 bits per heavy atom. The lowest BCUT2D eigenvalue weighted by atomic mass is 10.1. The number of H-pyrrole nitrogens is 1. The molecule has 0 radical (unpaired) electrons. The molecule has 0 unspecified atom stereocenters. The number of aromatic nitrogens is 2. The van der Waals surface area contributed by atoms with E-state index in [-0.39, 0.29) is 22.1 Å². The van der Waals surface area contributed by atoms with E-state index in [0.29, 0.717) is 11.4 Å².